The fraction of sp³-hybridized carbons (Fsp3) is 0.267. The largest absolute Gasteiger partial charge is 0.475 e. The van der Waals surface area contributed by atoms with E-state index in [9.17, 15) is 4.79 Å². The molecule has 0 radical (unpaired) electrons. The number of benzene rings is 1. The van der Waals surface area contributed by atoms with Gasteiger partial charge in [0.1, 0.15) is 5.76 Å². The molecule has 2 N–H and O–H groups in total. The summed E-state index contributed by atoms with van der Waals surface area (Å²) in [7, 11) is 0. The minimum absolute atomic E-state index is 0.0439. The lowest BCUT2D eigenvalue weighted by molar-refractivity contribution is 0.0660. The number of carboxylic acid groups (broad SMARTS) is 1. The van der Waals surface area contributed by atoms with Crippen LogP contribution in [-0.4, -0.2) is 11.1 Å². The van der Waals surface area contributed by atoms with Crippen molar-refractivity contribution >= 4 is 17.6 Å². The van der Waals surface area contributed by atoms with E-state index in [1.807, 2.05) is 24.3 Å². The van der Waals surface area contributed by atoms with Gasteiger partial charge >= 0.3 is 5.97 Å². The van der Waals surface area contributed by atoms with E-state index >= 15 is 0 Å². The molecule has 0 amide bonds. The summed E-state index contributed by atoms with van der Waals surface area (Å²) < 4.78 is 5.21. The SMILES string of the molecule is CCC(NCc1ccc(C(=O)O)o1)c1cccc(Cl)c1. The quantitative estimate of drug-likeness (QED) is 0.848. The van der Waals surface area contributed by atoms with Crippen LogP contribution < -0.4 is 5.32 Å². The maximum absolute atomic E-state index is 10.7. The van der Waals surface area contributed by atoms with Crippen molar-refractivity contribution in [3.63, 3.8) is 0 Å². The van der Waals surface area contributed by atoms with Gasteiger partial charge < -0.3 is 14.8 Å². The van der Waals surface area contributed by atoms with E-state index in [1.165, 1.54) is 6.07 Å². The lowest BCUT2D eigenvalue weighted by atomic mass is 10.0. The van der Waals surface area contributed by atoms with Crippen LogP contribution in [0.25, 0.3) is 0 Å². The van der Waals surface area contributed by atoms with Gasteiger partial charge in [0.05, 0.1) is 6.54 Å². The predicted molar refractivity (Wildman–Crippen MR) is 77.0 cm³/mol. The van der Waals surface area contributed by atoms with Crippen molar-refractivity contribution in [3.05, 3.63) is 58.5 Å². The van der Waals surface area contributed by atoms with Gasteiger partial charge in [0, 0.05) is 11.1 Å². The van der Waals surface area contributed by atoms with Crippen LogP contribution in [0.15, 0.2) is 40.8 Å². The number of furan rings is 1. The number of rotatable bonds is 6. The zero-order valence-electron chi connectivity index (χ0n) is 11.1. The van der Waals surface area contributed by atoms with Crippen molar-refractivity contribution in [2.45, 2.75) is 25.9 Å². The van der Waals surface area contributed by atoms with E-state index in [1.54, 1.807) is 6.07 Å². The molecule has 20 heavy (non-hydrogen) atoms. The highest BCUT2D eigenvalue weighted by atomic mass is 35.5. The van der Waals surface area contributed by atoms with Crippen molar-refractivity contribution in [1.29, 1.82) is 0 Å². The summed E-state index contributed by atoms with van der Waals surface area (Å²) in [4.78, 5) is 10.7. The monoisotopic (exact) mass is 293 g/mol. The van der Waals surface area contributed by atoms with E-state index in [0.717, 1.165) is 12.0 Å². The average Bonchev–Trinajstić information content (AvgIpc) is 2.88. The Hall–Kier alpha value is -1.78. The van der Waals surface area contributed by atoms with Crippen molar-refractivity contribution in [2.24, 2.45) is 0 Å². The van der Waals surface area contributed by atoms with E-state index in [2.05, 4.69) is 12.2 Å². The van der Waals surface area contributed by atoms with Crippen LogP contribution in [0.1, 0.15) is 41.3 Å². The van der Waals surface area contributed by atoms with E-state index in [-0.39, 0.29) is 11.8 Å². The molecule has 1 aromatic carbocycles. The molecule has 0 aliphatic rings. The maximum Gasteiger partial charge on any atom is 0.371 e. The molecule has 0 fully saturated rings. The van der Waals surface area contributed by atoms with Gasteiger partial charge in [-0.3, -0.25) is 0 Å². The first-order valence-electron chi connectivity index (χ1n) is 6.41. The third kappa shape index (κ3) is 3.62. The minimum Gasteiger partial charge on any atom is -0.475 e. The first-order chi connectivity index (χ1) is 9.60. The van der Waals surface area contributed by atoms with Gasteiger partial charge in [-0.1, -0.05) is 30.7 Å². The van der Waals surface area contributed by atoms with Gasteiger partial charge in [-0.25, -0.2) is 4.79 Å². The van der Waals surface area contributed by atoms with Crippen LogP contribution in [0.4, 0.5) is 0 Å². The number of halogens is 1. The highest BCUT2D eigenvalue weighted by Crippen LogP contribution is 2.21. The smallest absolute Gasteiger partial charge is 0.371 e. The summed E-state index contributed by atoms with van der Waals surface area (Å²) in [5.74, 6) is -0.501. The summed E-state index contributed by atoms with van der Waals surface area (Å²) in [6.45, 7) is 2.54. The summed E-state index contributed by atoms with van der Waals surface area (Å²) >= 11 is 5.99. The second kappa shape index (κ2) is 6.59. The van der Waals surface area contributed by atoms with Crippen LogP contribution in [0.5, 0.6) is 0 Å². The Kier molecular flexibility index (Phi) is 4.82. The molecule has 4 nitrogen and oxygen atoms in total. The van der Waals surface area contributed by atoms with Gasteiger partial charge in [0.25, 0.3) is 0 Å². The number of aromatic carboxylic acids is 1. The third-order valence-electron chi connectivity index (χ3n) is 3.05. The second-order valence-electron chi connectivity index (χ2n) is 4.47. The number of nitrogens with one attached hydrogen (secondary N) is 1. The van der Waals surface area contributed by atoms with Crippen molar-refractivity contribution in [3.8, 4) is 0 Å². The molecular formula is C15H16ClNO3. The predicted octanol–water partition coefficient (Wildman–Crippen LogP) is 3.87. The molecule has 0 aliphatic heterocycles. The zero-order chi connectivity index (χ0) is 14.5. The second-order valence-corrected chi connectivity index (χ2v) is 4.90. The fourth-order valence-electron chi connectivity index (χ4n) is 2.03. The number of carboxylic acids is 1. The molecule has 0 saturated carbocycles. The van der Waals surface area contributed by atoms with Crippen molar-refractivity contribution in [1.82, 2.24) is 5.32 Å². The minimum atomic E-state index is -1.06. The third-order valence-corrected chi connectivity index (χ3v) is 3.29. The zero-order valence-corrected chi connectivity index (χ0v) is 11.9. The molecule has 1 atom stereocenters. The lowest BCUT2D eigenvalue weighted by Crippen LogP contribution is -2.20. The molecule has 0 aliphatic carbocycles. The molecule has 1 heterocycles. The molecule has 2 rings (SSSR count). The van der Waals surface area contributed by atoms with Crippen molar-refractivity contribution < 1.29 is 14.3 Å². The normalized spacial score (nSPS) is 12.3. The lowest BCUT2D eigenvalue weighted by Gasteiger charge is -2.16. The topological polar surface area (TPSA) is 62.5 Å². The molecule has 0 saturated heterocycles. The number of hydrogen-bond donors (Lipinski definition) is 2. The van der Waals surface area contributed by atoms with Crippen LogP contribution in [0.3, 0.4) is 0 Å². The fourth-order valence-corrected chi connectivity index (χ4v) is 2.23. The van der Waals surface area contributed by atoms with Gasteiger partial charge in [0.2, 0.25) is 5.76 Å². The first-order valence-corrected chi connectivity index (χ1v) is 6.78. The Morgan fingerprint density at radius 3 is 2.80 bits per heavy atom. The van der Waals surface area contributed by atoms with E-state index in [0.29, 0.717) is 17.3 Å². The highest BCUT2D eigenvalue weighted by molar-refractivity contribution is 6.30. The van der Waals surface area contributed by atoms with Gasteiger partial charge in [-0.05, 0) is 36.2 Å². The molecule has 0 bridgehead atoms. The van der Waals surface area contributed by atoms with Gasteiger partial charge in [-0.2, -0.15) is 0 Å². The van der Waals surface area contributed by atoms with Gasteiger partial charge in [0.15, 0.2) is 0 Å². The molecular weight excluding hydrogens is 278 g/mol. The number of hydrogen-bond acceptors (Lipinski definition) is 3. The summed E-state index contributed by atoms with van der Waals surface area (Å²) in [5, 5.41) is 12.8. The van der Waals surface area contributed by atoms with Crippen LogP contribution in [-0.2, 0) is 6.54 Å². The molecule has 1 aromatic heterocycles. The highest BCUT2D eigenvalue weighted by Gasteiger charge is 2.12. The molecule has 1 unspecified atom stereocenters. The standard InChI is InChI=1S/C15H16ClNO3/c1-2-13(10-4-3-5-11(16)8-10)17-9-12-6-7-14(20-12)15(18)19/h3-8,13,17H,2,9H2,1H3,(H,18,19). The Bertz CT molecular complexity index is 594. The Morgan fingerprint density at radius 1 is 1.40 bits per heavy atom. The molecule has 0 spiro atoms. The van der Waals surface area contributed by atoms with Crippen molar-refractivity contribution in [2.75, 3.05) is 0 Å². The Labute approximate surface area is 122 Å². The molecule has 2 aromatic rings. The summed E-state index contributed by atoms with van der Waals surface area (Å²) in [6.07, 6.45) is 0.896. The van der Waals surface area contributed by atoms with E-state index < -0.39 is 5.97 Å². The Balaban J connectivity index is 2.01. The summed E-state index contributed by atoms with van der Waals surface area (Å²) in [6, 6.07) is 11.0. The van der Waals surface area contributed by atoms with Crippen LogP contribution in [0, 0.1) is 0 Å². The Morgan fingerprint density at radius 2 is 2.20 bits per heavy atom. The van der Waals surface area contributed by atoms with E-state index in [4.69, 9.17) is 21.1 Å². The first kappa shape index (κ1) is 14.6. The van der Waals surface area contributed by atoms with Gasteiger partial charge in [-0.15, -0.1) is 0 Å². The van der Waals surface area contributed by atoms with Crippen LogP contribution in [0.2, 0.25) is 5.02 Å². The number of carbonyl (C=O) groups is 1. The average molecular weight is 294 g/mol. The molecule has 106 valence electrons. The van der Waals surface area contributed by atoms with Crippen LogP contribution >= 0.6 is 11.6 Å². The maximum atomic E-state index is 10.7. The summed E-state index contributed by atoms with van der Waals surface area (Å²) in [5.41, 5.74) is 1.10. The molecule has 5 heteroatoms.